The zero-order chi connectivity index (χ0) is 20.0. The van der Waals surface area contributed by atoms with Crippen LogP contribution in [0.4, 0.5) is 5.69 Å². The predicted molar refractivity (Wildman–Crippen MR) is 96.0 cm³/mol. The molecule has 1 aromatic carbocycles. The lowest BCUT2D eigenvalue weighted by Crippen LogP contribution is -2.43. The molecule has 1 saturated heterocycles. The molecular weight excluding hydrogens is 354 g/mol. The van der Waals surface area contributed by atoms with E-state index in [9.17, 15) is 24.5 Å². The fourth-order valence-corrected chi connectivity index (χ4v) is 3.35. The summed E-state index contributed by atoms with van der Waals surface area (Å²) in [6, 6.07) is 5.78. The summed E-state index contributed by atoms with van der Waals surface area (Å²) in [5.74, 6) is -1.49. The Labute approximate surface area is 156 Å². The Balaban J connectivity index is 1.99. The minimum Gasteiger partial charge on any atom is -0.480 e. The van der Waals surface area contributed by atoms with E-state index in [0.29, 0.717) is 37.9 Å². The van der Waals surface area contributed by atoms with Gasteiger partial charge in [-0.25, -0.2) is 0 Å². The molecule has 1 aliphatic rings. The van der Waals surface area contributed by atoms with Crippen LogP contribution in [-0.4, -0.2) is 63.3 Å². The first-order valence-electron chi connectivity index (χ1n) is 8.78. The lowest BCUT2D eigenvalue weighted by molar-refractivity contribution is -0.384. The summed E-state index contributed by atoms with van der Waals surface area (Å²) in [6.07, 6.45) is 1.87. The fourth-order valence-electron chi connectivity index (χ4n) is 3.35. The second kappa shape index (κ2) is 9.11. The molecule has 0 radical (unpaired) electrons. The number of hydrogen-bond donors (Lipinski definition) is 1. The summed E-state index contributed by atoms with van der Waals surface area (Å²) >= 11 is 0. The minimum absolute atomic E-state index is 0.0537. The molecule has 1 atom stereocenters. The number of nitro groups is 1. The van der Waals surface area contributed by atoms with Gasteiger partial charge < -0.3 is 14.9 Å². The van der Waals surface area contributed by atoms with Gasteiger partial charge in [0.25, 0.3) is 5.69 Å². The molecule has 146 valence electrons. The van der Waals surface area contributed by atoms with Crippen LogP contribution in [0.15, 0.2) is 24.3 Å². The Morgan fingerprint density at radius 3 is 2.67 bits per heavy atom. The Hall–Kier alpha value is -2.97. The van der Waals surface area contributed by atoms with Crippen molar-refractivity contribution in [3.63, 3.8) is 0 Å². The molecule has 0 saturated carbocycles. The third-order valence-electron chi connectivity index (χ3n) is 4.68. The van der Waals surface area contributed by atoms with E-state index in [4.69, 9.17) is 5.11 Å². The largest absolute Gasteiger partial charge is 0.480 e. The average molecular weight is 377 g/mol. The molecule has 2 amide bonds. The summed E-state index contributed by atoms with van der Waals surface area (Å²) in [4.78, 5) is 48.7. The smallest absolute Gasteiger partial charge is 0.323 e. The molecule has 27 heavy (non-hydrogen) atoms. The number of aliphatic carboxylic acids is 1. The van der Waals surface area contributed by atoms with Crippen molar-refractivity contribution in [2.75, 3.05) is 19.6 Å². The number of amides is 2. The molecule has 1 heterocycles. The molecule has 1 aromatic rings. The van der Waals surface area contributed by atoms with E-state index in [0.717, 1.165) is 0 Å². The lowest BCUT2D eigenvalue weighted by atomic mass is 10.1. The van der Waals surface area contributed by atoms with E-state index in [1.165, 1.54) is 24.0 Å². The van der Waals surface area contributed by atoms with Crippen molar-refractivity contribution in [2.45, 2.75) is 38.6 Å². The summed E-state index contributed by atoms with van der Waals surface area (Å²) in [7, 11) is 0. The number of hydrogen-bond acceptors (Lipinski definition) is 5. The standard InChI is InChI=1S/C18H23N3O6/c1-13(22)20(12-18(24)25)15-6-3-8-19(9-7-15)17(23)11-14-4-2-5-16(10-14)21(26)27/h2,4-5,10,15H,3,6-9,11-12H2,1H3,(H,24,25). The summed E-state index contributed by atoms with van der Waals surface area (Å²) in [5.41, 5.74) is 0.522. The number of carbonyl (C=O) groups excluding carboxylic acids is 2. The minimum atomic E-state index is -1.06. The molecule has 9 nitrogen and oxygen atoms in total. The summed E-state index contributed by atoms with van der Waals surface area (Å²) < 4.78 is 0. The maximum atomic E-state index is 12.6. The van der Waals surface area contributed by atoms with Gasteiger partial charge in [-0.1, -0.05) is 12.1 Å². The van der Waals surface area contributed by atoms with Crippen LogP contribution in [0.1, 0.15) is 31.7 Å². The maximum absolute atomic E-state index is 12.6. The number of rotatable bonds is 6. The molecule has 1 fully saturated rings. The average Bonchev–Trinajstić information content (AvgIpc) is 2.85. The summed E-state index contributed by atoms with van der Waals surface area (Å²) in [6.45, 7) is 1.94. The van der Waals surface area contributed by atoms with Crippen molar-refractivity contribution in [3.05, 3.63) is 39.9 Å². The van der Waals surface area contributed by atoms with E-state index in [1.54, 1.807) is 17.0 Å². The monoisotopic (exact) mass is 377 g/mol. The Kier molecular flexibility index (Phi) is 6.86. The molecule has 0 bridgehead atoms. The van der Waals surface area contributed by atoms with Crippen LogP contribution in [0.25, 0.3) is 0 Å². The number of carboxylic acid groups (broad SMARTS) is 1. The molecule has 9 heteroatoms. The molecule has 1 N–H and O–H groups in total. The van der Waals surface area contributed by atoms with Crippen molar-refractivity contribution in [2.24, 2.45) is 0 Å². The topological polar surface area (TPSA) is 121 Å². The second-order valence-electron chi connectivity index (χ2n) is 6.61. The van der Waals surface area contributed by atoms with Gasteiger partial charge in [-0.15, -0.1) is 0 Å². The van der Waals surface area contributed by atoms with E-state index in [1.807, 2.05) is 0 Å². The van der Waals surface area contributed by atoms with E-state index < -0.39 is 10.9 Å². The van der Waals surface area contributed by atoms with Crippen molar-refractivity contribution in [3.8, 4) is 0 Å². The molecule has 1 aliphatic heterocycles. The first-order chi connectivity index (χ1) is 12.8. The maximum Gasteiger partial charge on any atom is 0.323 e. The number of benzene rings is 1. The number of carboxylic acids is 1. The number of nitrogens with zero attached hydrogens (tertiary/aromatic N) is 3. The lowest BCUT2D eigenvalue weighted by Gasteiger charge is -2.28. The van der Waals surface area contributed by atoms with Crippen molar-refractivity contribution >= 4 is 23.5 Å². The molecule has 2 rings (SSSR count). The molecular formula is C18H23N3O6. The molecule has 0 aromatic heterocycles. The van der Waals surface area contributed by atoms with Crippen LogP contribution >= 0.6 is 0 Å². The highest BCUT2D eigenvalue weighted by atomic mass is 16.6. The van der Waals surface area contributed by atoms with Gasteiger partial charge in [0, 0.05) is 38.2 Å². The predicted octanol–water partition coefficient (Wildman–Crippen LogP) is 1.45. The molecule has 0 aliphatic carbocycles. The van der Waals surface area contributed by atoms with Crippen molar-refractivity contribution < 1.29 is 24.4 Å². The Morgan fingerprint density at radius 1 is 1.30 bits per heavy atom. The van der Waals surface area contributed by atoms with Crippen LogP contribution in [0.5, 0.6) is 0 Å². The summed E-state index contributed by atoms with van der Waals surface area (Å²) in [5, 5.41) is 19.8. The van der Waals surface area contributed by atoms with Crippen LogP contribution < -0.4 is 0 Å². The fraction of sp³-hybridized carbons (Fsp3) is 0.500. The van der Waals surface area contributed by atoms with Gasteiger partial charge >= 0.3 is 5.97 Å². The number of likely N-dealkylation sites (tertiary alicyclic amines) is 1. The number of nitro benzene ring substituents is 1. The van der Waals surface area contributed by atoms with Gasteiger partial charge in [-0.05, 0) is 24.8 Å². The highest BCUT2D eigenvalue weighted by molar-refractivity contribution is 5.80. The molecule has 1 unspecified atom stereocenters. The van der Waals surface area contributed by atoms with Crippen LogP contribution in [0.2, 0.25) is 0 Å². The zero-order valence-electron chi connectivity index (χ0n) is 15.2. The van der Waals surface area contributed by atoms with Crippen molar-refractivity contribution in [1.29, 1.82) is 0 Å². The normalized spacial score (nSPS) is 17.1. The van der Waals surface area contributed by atoms with Crippen LogP contribution in [0.3, 0.4) is 0 Å². The van der Waals surface area contributed by atoms with Gasteiger partial charge in [0.15, 0.2) is 0 Å². The Morgan fingerprint density at radius 2 is 2.04 bits per heavy atom. The van der Waals surface area contributed by atoms with Gasteiger partial charge in [0.2, 0.25) is 11.8 Å². The SMILES string of the molecule is CC(=O)N(CC(=O)O)C1CCCN(C(=O)Cc2cccc([N+](=O)[O-])c2)CC1. The second-order valence-corrected chi connectivity index (χ2v) is 6.61. The number of carbonyl (C=O) groups is 3. The van der Waals surface area contributed by atoms with E-state index >= 15 is 0 Å². The van der Waals surface area contributed by atoms with E-state index in [-0.39, 0.29) is 36.5 Å². The van der Waals surface area contributed by atoms with Gasteiger partial charge in [0.1, 0.15) is 6.54 Å². The Bertz CT molecular complexity index is 736. The molecule has 0 spiro atoms. The van der Waals surface area contributed by atoms with Gasteiger partial charge in [0.05, 0.1) is 11.3 Å². The first-order valence-corrected chi connectivity index (χ1v) is 8.78. The van der Waals surface area contributed by atoms with Crippen LogP contribution in [-0.2, 0) is 20.8 Å². The zero-order valence-corrected chi connectivity index (χ0v) is 15.2. The third-order valence-corrected chi connectivity index (χ3v) is 4.68. The third kappa shape index (κ3) is 5.77. The van der Waals surface area contributed by atoms with Gasteiger partial charge in [-0.3, -0.25) is 24.5 Å². The first kappa shape index (κ1) is 20.3. The highest BCUT2D eigenvalue weighted by Gasteiger charge is 2.27. The van der Waals surface area contributed by atoms with E-state index in [2.05, 4.69) is 0 Å². The van der Waals surface area contributed by atoms with Gasteiger partial charge in [-0.2, -0.15) is 0 Å². The van der Waals surface area contributed by atoms with Crippen LogP contribution in [0, 0.1) is 10.1 Å². The number of non-ortho nitro benzene ring substituents is 1. The quantitative estimate of drug-likeness (QED) is 0.592. The highest BCUT2D eigenvalue weighted by Crippen LogP contribution is 2.19. The van der Waals surface area contributed by atoms with Crippen molar-refractivity contribution in [1.82, 2.24) is 9.80 Å².